The molecule has 0 aliphatic heterocycles. The van der Waals surface area contributed by atoms with Gasteiger partial charge in [0.25, 0.3) is 0 Å². The summed E-state index contributed by atoms with van der Waals surface area (Å²) in [7, 11) is -3.70. The van der Waals surface area contributed by atoms with Crippen molar-refractivity contribution in [3.63, 3.8) is 0 Å². The number of oxazole rings is 1. The molecule has 7 heteroatoms. The van der Waals surface area contributed by atoms with Crippen LogP contribution in [-0.2, 0) is 14.6 Å². The third kappa shape index (κ3) is 3.79. The Labute approximate surface area is 161 Å². The fourth-order valence-corrected chi connectivity index (χ4v) is 3.96. The van der Waals surface area contributed by atoms with E-state index in [2.05, 4.69) is 10.3 Å². The summed E-state index contributed by atoms with van der Waals surface area (Å²) in [4.78, 5) is 16.8. The van der Waals surface area contributed by atoms with Gasteiger partial charge < -0.3 is 9.73 Å². The summed E-state index contributed by atoms with van der Waals surface area (Å²) in [6.45, 7) is 0. The molecule has 0 saturated heterocycles. The summed E-state index contributed by atoms with van der Waals surface area (Å²) in [5, 5.41) is 2.62. The van der Waals surface area contributed by atoms with Crippen LogP contribution in [0.5, 0.6) is 0 Å². The van der Waals surface area contributed by atoms with Crippen LogP contribution in [0.2, 0.25) is 0 Å². The standard InChI is InChI=1S/C21H16N2O4S/c24-20(14-28(25,26)17-9-2-1-3-10-17)22-16-8-6-7-15(13-16)21-23-18-11-4-5-12-19(18)27-21/h1-13H,14H2,(H,22,24). The van der Waals surface area contributed by atoms with Crippen molar-refractivity contribution in [1.82, 2.24) is 4.98 Å². The van der Waals surface area contributed by atoms with Gasteiger partial charge in [0.1, 0.15) is 11.3 Å². The van der Waals surface area contributed by atoms with E-state index in [0.29, 0.717) is 22.7 Å². The molecule has 1 amide bonds. The van der Waals surface area contributed by atoms with Crippen LogP contribution in [0.1, 0.15) is 0 Å². The first-order valence-electron chi connectivity index (χ1n) is 8.55. The molecule has 1 heterocycles. The minimum Gasteiger partial charge on any atom is -0.436 e. The number of fused-ring (bicyclic) bond motifs is 1. The molecule has 0 aliphatic rings. The highest BCUT2D eigenvalue weighted by Crippen LogP contribution is 2.26. The third-order valence-corrected chi connectivity index (χ3v) is 5.74. The predicted molar refractivity (Wildman–Crippen MR) is 107 cm³/mol. The van der Waals surface area contributed by atoms with Gasteiger partial charge in [0.05, 0.1) is 4.90 Å². The molecular formula is C21H16N2O4S. The third-order valence-electron chi connectivity index (χ3n) is 4.11. The Morgan fingerprint density at radius 1 is 0.929 bits per heavy atom. The number of carbonyl (C=O) groups excluding carboxylic acids is 1. The minimum absolute atomic E-state index is 0.116. The molecule has 6 nitrogen and oxygen atoms in total. The average molecular weight is 392 g/mol. The van der Waals surface area contributed by atoms with Crippen molar-refractivity contribution in [2.45, 2.75) is 4.90 Å². The van der Waals surface area contributed by atoms with Gasteiger partial charge in [-0.05, 0) is 42.5 Å². The van der Waals surface area contributed by atoms with Crippen LogP contribution in [0.25, 0.3) is 22.6 Å². The van der Waals surface area contributed by atoms with Crippen molar-refractivity contribution in [2.24, 2.45) is 0 Å². The van der Waals surface area contributed by atoms with Gasteiger partial charge in [0.2, 0.25) is 11.8 Å². The number of carbonyl (C=O) groups is 1. The molecule has 1 N–H and O–H groups in total. The zero-order chi connectivity index (χ0) is 19.6. The number of benzene rings is 3. The Balaban J connectivity index is 1.52. The van der Waals surface area contributed by atoms with Crippen LogP contribution >= 0.6 is 0 Å². The number of hydrogen-bond donors (Lipinski definition) is 1. The molecular weight excluding hydrogens is 376 g/mol. The van der Waals surface area contributed by atoms with Crippen molar-refractivity contribution in [3.05, 3.63) is 78.9 Å². The predicted octanol–water partition coefficient (Wildman–Crippen LogP) is 3.91. The van der Waals surface area contributed by atoms with Gasteiger partial charge >= 0.3 is 0 Å². The van der Waals surface area contributed by atoms with E-state index in [1.54, 1.807) is 42.5 Å². The Morgan fingerprint density at radius 3 is 2.46 bits per heavy atom. The van der Waals surface area contributed by atoms with Gasteiger partial charge in [-0.15, -0.1) is 0 Å². The van der Waals surface area contributed by atoms with Crippen LogP contribution in [-0.4, -0.2) is 25.1 Å². The minimum atomic E-state index is -3.70. The average Bonchev–Trinajstić information content (AvgIpc) is 3.13. The van der Waals surface area contributed by atoms with E-state index in [1.165, 1.54) is 12.1 Å². The first kappa shape index (κ1) is 17.9. The maximum Gasteiger partial charge on any atom is 0.239 e. The molecule has 0 aliphatic carbocycles. The number of sulfone groups is 1. The molecule has 0 radical (unpaired) electrons. The van der Waals surface area contributed by atoms with Gasteiger partial charge in [-0.25, -0.2) is 13.4 Å². The second-order valence-corrected chi connectivity index (χ2v) is 8.18. The lowest BCUT2D eigenvalue weighted by Crippen LogP contribution is -2.23. The largest absolute Gasteiger partial charge is 0.436 e. The monoisotopic (exact) mass is 392 g/mol. The Kier molecular flexibility index (Phi) is 4.67. The van der Waals surface area contributed by atoms with E-state index >= 15 is 0 Å². The van der Waals surface area contributed by atoms with E-state index < -0.39 is 21.5 Å². The second-order valence-electron chi connectivity index (χ2n) is 6.19. The molecule has 0 atom stereocenters. The molecule has 4 aromatic rings. The number of rotatable bonds is 5. The zero-order valence-corrected chi connectivity index (χ0v) is 15.5. The fraction of sp³-hybridized carbons (Fsp3) is 0.0476. The molecule has 0 fully saturated rings. The number of anilines is 1. The molecule has 1 aromatic heterocycles. The first-order chi connectivity index (χ1) is 13.5. The van der Waals surface area contributed by atoms with Crippen molar-refractivity contribution in [2.75, 3.05) is 11.1 Å². The number of amides is 1. The molecule has 28 heavy (non-hydrogen) atoms. The maximum absolute atomic E-state index is 12.3. The molecule has 140 valence electrons. The molecule has 4 rings (SSSR count). The summed E-state index contributed by atoms with van der Waals surface area (Å²) in [5.74, 6) is -0.822. The lowest BCUT2D eigenvalue weighted by atomic mass is 10.2. The van der Waals surface area contributed by atoms with Crippen molar-refractivity contribution < 1.29 is 17.6 Å². The zero-order valence-electron chi connectivity index (χ0n) is 14.7. The first-order valence-corrected chi connectivity index (χ1v) is 10.2. The molecule has 0 unspecified atom stereocenters. The summed E-state index contributed by atoms with van der Waals surface area (Å²) < 4.78 is 30.4. The van der Waals surface area contributed by atoms with Gasteiger partial charge in [-0.3, -0.25) is 4.79 Å². The number of nitrogens with zero attached hydrogens (tertiary/aromatic N) is 1. The smallest absolute Gasteiger partial charge is 0.239 e. The second kappa shape index (κ2) is 7.28. The Bertz CT molecular complexity index is 1210. The summed E-state index contributed by atoms with van der Waals surface area (Å²) in [5.41, 5.74) is 2.55. The van der Waals surface area contributed by atoms with Crippen LogP contribution in [0.3, 0.4) is 0 Å². The number of hydrogen-bond acceptors (Lipinski definition) is 5. The summed E-state index contributed by atoms with van der Waals surface area (Å²) in [6.07, 6.45) is 0. The topological polar surface area (TPSA) is 89.3 Å². The molecule has 3 aromatic carbocycles. The van der Waals surface area contributed by atoms with E-state index in [4.69, 9.17) is 4.42 Å². The molecule has 0 bridgehead atoms. The normalized spacial score (nSPS) is 11.4. The lowest BCUT2D eigenvalue weighted by Gasteiger charge is -2.07. The maximum atomic E-state index is 12.3. The number of aromatic nitrogens is 1. The highest BCUT2D eigenvalue weighted by molar-refractivity contribution is 7.92. The number of nitrogens with one attached hydrogen (secondary N) is 1. The van der Waals surface area contributed by atoms with Crippen LogP contribution in [0.4, 0.5) is 5.69 Å². The van der Waals surface area contributed by atoms with E-state index in [9.17, 15) is 13.2 Å². The Morgan fingerprint density at radius 2 is 1.68 bits per heavy atom. The highest BCUT2D eigenvalue weighted by atomic mass is 32.2. The van der Waals surface area contributed by atoms with Crippen molar-refractivity contribution >= 4 is 32.5 Å². The summed E-state index contributed by atoms with van der Waals surface area (Å²) >= 11 is 0. The van der Waals surface area contributed by atoms with Gasteiger partial charge in [-0.1, -0.05) is 36.4 Å². The SMILES string of the molecule is O=C(CS(=O)(=O)c1ccccc1)Nc1cccc(-c2nc3ccccc3o2)c1. The number of para-hydroxylation sites is 2. The lowest BCUT2D eigenvalue weighted by molar-refractivity contribution is -0.113. The van der Waals surface area contributed by atoms with Gasteiger partial charge in [-0.2, -0.15) is 0 Å². The van der Waals surface area contributed by atoms with Gasteiger partial charge in [0, 0.05) is 11.3 Å². The van der Waals surface area contributed by atoms with Crippen LogP contribution in [0, 0.1) is 0 Å². The van der Waals surface area contributed by atoms with Crippen molar-refractivity contribution in [3.8, 4) is 11.5 Å². The van der Waals surface area contributed by atoms with Crippen molar-refractivity contribution in [1.29, 1.82) is 0 Å². The summed E-state index contributed by atoms with van der Waals surface area (Å²) in [6, 6.07) is 22.2. The fourth-order valence-electron chi connectivity index (χ4n) is 2.81. The highest BCUT2D eigenvalue weighted by Gasteiger charge is 2.19. The molecule has 0 spiro atoms. The van der Waals surface area contributed by atoms with Crippen LogP contribution < -0.4 is 5.32 Å². The van der Waals surface area contributed by atoms with Crippen LogP contribution in [0.15, 0.2) is 88.2 Å². The van der Waals surface area contributed by atoms with Gasteiger partial charge in [0.15, 0.2) is 15.4 Å². The molecule has 0 saturated carbocycles. The Hall–Kier alpha value is -3.45. The van der Waals surface area contributed by atoms with E-state index in [-0.39, 0.29) is 4.90 Å². The van der Waals surface area contributed by atoms with E-state index in [1.807, 2.05) is 24.3 Å². The quantitative estimate of drug-likeness (QED) is 0.556. The van der Waals surface area contributed by atoms with E-state index in [0.717, 1.165) is 5.52 Å².